The number of nitrogens with zero attached hydrogens (tertiary/aromatic N) is 2. The van der Waals surface area contributed by atoms with Crippen LogP contribution in [0.1, 0.15) is 28.8 Å². The van der Waals surface area contributed by atoms with E-state index in [9.17, 15) is 4.79 Å². The Bertz CT molecular complexity index is 648. The molecular formula is C15H15ClN2O. The van der Waals surface area contributed by atoms with Crippen LogP contribution in [0.15, 0.2) is 18.2 Å². The first-order chi connectivity index (χ1) is 9.20. The van der Waals surface area contributed by atoms with Gasteiger partial charge in [-0.1, -0.05) is 17.7 Å². The van der Waals surface area contributed by atoms with Crippen LogP contribution in [0, 0.1) is 6.92 Å². The molecule has 0 saturated carbocycles. The summed E-state index contributed by atoms with van der Waals surface area (Å²) < 4.78 is 0. The van der Waals surface area contributed by atoms with Gasteiger partial charge in [0.15, 0.2) is 6.29 Å². The molecule has 0 atom stereocenters. The molecule has 4 heteroatoms. The Balaban J connectivity index is 2.24. The summed E-state index contributed by atoms with van der Waals surface area (Å²) in [6.45, 7) is 3.91. The molecule has 0 radical (unpaired) electrons. The molecule has 1 aliphatic heterocycles. The smallest absolute Gasteiger partial charge is 0.153 e. The normalized spacial score (nSPS) is 15.2. The van der Waals surface area contributed by atoms with Crippen molar-refractivity contribution >= 4 is 34.6 Å². The number of hydrogen-bond donors (Lipinski definition) is 0. The van der Waals surface area contributed by atoms with Gasteiger partial charge in [0.1, 0.15) is 5.82 Å². The molecule has 1 aromatic heterocycles. The van der Waals surface area contributed by atoms with Crippen molar-refractivity contribution in [1.82, 2.24) is 4.98 Å². The van der Waals surface area contributed by atoms with E-state index in [2.05, 4.69) is 4.90 Å². The van der Waals surface area contributed by atoms with Crippen molar-refractivity contribution < 1.29 is 4.79 Å². The second kappa shape index (κ2) is 4.82. The molecule has 1 aromatic carbocycles. The van der Waals surface area contributed by atoms with Crippen molar-refractivity contribution in [2.24, 2.45) is 0 Å². The number of rotatable bonds is 2. The van der Waals surface area contributed by atoms with Gasteiger partial charge in [-0.2, -0.15) is 0 Å². The number of aldehydes is 1. The third-order valence-corrected chi connectivity index (χ3v) is 4.13. The van der Waals surface area contributed by atoms with Crippen molar-refractivity contribution in [2.45, 2.75) is 19.8 Å². The van der Waals surface area contributed by atoms with Crippen LogP contribution in [0.3, 0.4) is 0 Å². The fraction of sp³-hybridized carbons (Fsp3) is 0.333. The molecule has 0 aliphatic carbocycles. The van der Waals surface area contributed by atoms with Crippen molar-refractivity contribution in [3.63, 3.8) is 0 Å². The summed E-state index contributed by atoms with van der Waals surface area (Å²) in [5.41, 5.74) is 2.52. The molecule has 1 saturated heterocycles. The number of carbonyl (C=O) groups excluding carboxylic acids is 1. The number of carbonyl (C=O) groups is 1. The standard InChI is InChI=1S/C15H15ClN2O/c1-10-13(16)5-4-11-8-12(9-19)15(17-14(10)11)18-6-2-3-7-18/h4-5,8-9H,2-3,6-7H2,1H3. The zero-order valence-corrected chi connectivity index (χ0v) is 11.6. The Morgan fingerprint density at radius 1 is 1.32 bits per heavy atom. The second-order valence-corrected chi connectivity index (χ2v) is 5.36. The van der Waals surface area contributed by atoms with Crippen molar-refractivity contribution in [2.75, 3.05) is 18.0 Å². The van der Waals surface area contributed by atoms with Gasteiger partial charge in [-0.05, 0) is 37.5 Å². The van der Waals surface area contributed by atoms with E-state index in [1.54, 1.807) is 0 Å². The van der Waals surface area contributed by atoms with Crippen LogP contribution in [0.4, 0.5) is 5.82 Å². The SMILES string of the molecule is Cc1c(Cl)ccc2cc(C=O)c(N3CCCC3)nc12. The predicted octanol–water partition coefficient (Wildman–Crippen LogP) is 3.61. The Hall–Kier alpha value is -1.61. The summed E-state index contributed by atoms with van der Waals surface area (Å²) in [7, 11) is 0. The third kappa shape index (κ3) is 2.08. The van der Waals surface area contributed by atoms with E-state index in [4.69, 9.17) is 16.6 Å². The molecule has 2 heterocycles. The summed E-state index contributed by atoms with van der Waals surface area (Å²) in [6.07, 6.45) is 3.21. The summed E-state index contributed by atoms with van der Waals surface area (Å²) in [5, 5.41) is 1.68. The highest BCUT2D eigenvalue weighted by atomic mass is 35.5. The lowest BCUT2D eigenvalue weighted by molar-refractivity contribution is 0.112. The van der Waals surface area contributed by atoms with Crippen molar-refractivity contribution in [1.29, 1.82) is 0 Å². The molecule has 3 rings (SSSR count). The summed E-state index contributed by atoms with van der Waals surface area (Å²) in [5.74, 6) is 0.797. The lowest BCUT2D eigenvalue weighted by atomic mass is 10.1. The molecule has 0 amide bonds. The van der Waals surface area contributed by atoms with Crippen LogP contribution in [0.2, 0.25) is 5.02 Å². The van der Waals surface area contributed by atoms with Gasteiger partial charge in [0.25, 0.3) is 0 Å². The summed E-state index contributed by atoms with van der Waals surface area (Å²) >= 11 is 6.15. The molecule has 0 unspecified atom stereocenters. The first kappa shape index (κ1) is 12.4. The van der Waals surface area contributed by atoms with Crippen LogP contribution >= 0.6 is 11.6 Å². The van der Waals surface area contributed by atoms with E-state index in [-0.39, 0.29) is 0 Å². The summed E-state index contributed by atoms with van der Waals surface area (Å²) in [6, 6.07) is 5.68. The first-order valence-electron chi connectivity index (χ1n) is 6.50. The Morgan fingerprint density at radius 3 is 2.74 bits per heavy atom. The van der Waals surface area contributed by atoms with Gasteiger partial charge >= 0.3 is 0 Å². The maximum atomic E-state index is 11.3. The zero-order chi connectivity index (χ0) is 13.4. The first-order valence-corrected chi connectivity index (χ1v) is 6.88. The molecule has 2 aromatic rings. The van der Waals surface area contributed by atoms with E-state index in [0.29, 0.717) is 10.6 Å². The Morgan fingerprint density at radius 2 is 2.05 bits per heavy atom. The van der Waals surface area contributed by atoms with Gasteiger partial charge in [-0.15, -0.1) is 0 Å². The monoisotopic (exact) mass is 274 g/mol. The van der Waals surface area contributed by atoms with E-state index in [0.717, 1.165) is 54.5 Å². The van der Waals surface area contributed by atoms with Crippen LogP contribution in [0.25, 0.3) is 10.9 Å². The maximum Gasteiger partial charge on any atom is 0.153 e. The highest BCUT2D eigenvalue weighted by molar-refractivity contribution is 6.32. The predicted molar refractivity (Wildman–Crippen MR) is 78.3 cm³/mol. The largest absolute Gasteiger partial charge is 0.356 e. The number of hydrogen-bond acceptors (Lipinski definition) is 3. The van der Waals surface area contributed by atoms with Gasteiger partial charge in [-0.3, -0.25) is 4.79 Å². The minimum atomic E-state index is 0.663. The van der Waals surface area contributed by atoms with Crippen LogP contribution in [-0.4, -0.2) is 24.4 Å². The average Bonchev–Trinajstić information content (AvgIpc) is 2.96. The number of aryl methyl sites for hydroxylation is 1. The maximum absolute atomic E-state index is 11.3. The molecule has 1 aliphatic rings. The minimum absolute atomic E-state index is 0.663. The number of pyridine rings is 1. The number of halogens is 1. The zero-order valence-electron chi connectivity index (χ0n) is 10.8. The highest BCUT2D eigenvalue weighted by Gasteiger charge is 2.18. The Labute approximate surface area is 117 Å². The third-order valence-electron chi connectivity index (χ3n) is 3.72. The van der Waals surface area contributed by atoms with E-state index < -0.39 is 0 Å². The minimum Gasteiger partial charge on any atom is -0.356 e. The van der Waals surface area contributed by atoms with Gasteiger partial charge in [0.2, 0.25) is 0 Å². The van der Waals surface area contributed by atoms with Gasteiger partial charge in [-0.25, -0.2) is 4.98 Å². The summed E-state index contributed by atoms with van der Waals surface area (Å²) in [4.78, 5) is 18.2. The van der Waals surface area contributed by atoms with Crippen molar-refractivity contribution in [3.05, 3.63) is 34.3 Å². The van der Waals surface area contributed by atoms with Crippen molar-refractivity contribution in [3.8, 4) is 0 Å². The van der Waals surface area contributed by atoms with Gasteiger partial charge in [0, 0.05) is 23.5 Å². The molecular weight excluding hydrogens is 260 g/mol. The van der Waals surface area contributed by atoms with Gasteiger partial charge < -0.3 is 4.90 Å². The molecule has 0 N–H and O–H groups in total. The van der Waals surface area contributed by atoms with Crippen LogP contribution in [0.5, 0.6) is 0 Å². The topological polar surface area (TPSA) is 33.2 Å². The fourth-order valence-corrected chi connectivity index (χ4v) is 2.79. The molecule has 0 spiro atoms. The van der Waals surface area contributed by atoms with Crippen LogP contribution in [-0.2, 0) is 0 Å². The number of benzene rings is 1. The fourth-order valence-electron chi connectivity index (χ4n) is 2.63. The number of anilines is 1. The molecule has 0 bridgehead atoms. The average molecular weight is 275 g/mol. The van der Waals surface area contributed by atoms with E-state index in [1.807, 2.05) is 25.1 Å². The molecule has 1 fully saturated rings. The second-order valence-electron chi connectivity index (χ2n) is 4.96. The quantitative estimate of drug-likeness (QED) is 0.785. The van der Waals surface area contributed by atoms with E-state index >= 15 is 0 Å². The lowest BCUT2D eigenvalue weighted by Gasteiger charge is -2.19. The number of fused-ring (bicyclic) bond motifs is 1. The van der Waals surface area contributed by atoms with Gasteiger partial charge in [0.05, 0.1) is 11.1 Å². The van der Waals surface area contributed by atoms with Crippen LogP contribution < -0.4 is 4.90 Å². The number of aromatic nitrogens is 1. The highest BCUT2D eigenvalue weighted by Crippen LogP contribution is 2.29. The van der Waals surface area contributed by atoms with E-state index in [1.165, 1.54) is 0 Å². The Kier molecular flexibility index (Phi) is 3.15. The lowest BCUT2D eigenvalue weighted by Crippen LogP contribution is -2.20. The molecule has 98 valence electrons. The molecule has 3 nitrogen and oxygen atoms in total. The molecule has 19 heavy (non-hydrogen) atoms.